The van der Waals surface area contributed by atoms with Gasteiger partial charge in [0.25, 0.3) is 5.56 Å². The van der Waals surface area contributed by atoms with Gasteiger partial charge in [0.15, 0.2) is 0 Å². The first-order valence-electron chi connectivity index (χ1n) is 7.87. The van der Waals surface area contributed by atoms with Crippen LogP contribution < -0.4 is 10.5 Å². The SMILES string of the molecule is C=CC(=O)N1CCC(N(C)c2cc(-c3ccncc3)c[nH]c2=O)C1. The molecule has 1 atom stereocenters. The fourth-order valence-electron chi connectivity index (χ4n) is 3.03. The Balaban J connectivity index is 1.85. The van der Waals surface area contributed by atoms with Crippen molar-refractivity contribution in [3.8, 4) is 11.1 Å². The Morgan fingerprint density at radius 3 is 2.88 bits per heavy atom. The Bertz CT molecular complexity index is 800. The average Bonchev–Trinajstić information content (AvgIpc) is 3.12. The number of aromatic nitrogens is 2. The second-order valence-corrected chi connectivity index (χ2v) is 5.88. The number of likely N-dealkylation sites (tertiary alicyclic amines) is 1. The molecule has 24 heavy (non-hydrogen) atoms. The molecular formula is C18H20N4O2. The molecule has 1 amide bonds. The van der Waals surface area contributed by atoms with E-state index in [0.717, 1.165) is 17.5 Å². The third-order valence-corrected chi connectivity index (χ3v) is 4.47. The standard InChI is InChI=1S/C18H20N4O2/c1-3-17(23)22-9-6-15(12-22)21(2)16-10-14(11-20-18(16)24)13-4-7-19-8-5-13/h3-5,7-8,10-11,15H,1,6,9,12H2,2H3,(H,20,24). The van der Waals surface area contributed by atoms with Crippen molar-refractivity contribution < 1.29 is 4.79 Å². The highest BCUT2D eigenvalue weighted by Crippen LogP contribution is 2.23. The van der Waals surface area contributed by atoms with E-state index in [-0.39, 0.29) is 17.5 Å². The van der Waals surface area contributed by atoms with Crippen LogP contribution in [0.3, 0.4) is 0 Å². The molecule has 6 heteroatoms. The molecule has 0 aromatic carbocycles. The first-order chi connectivity index (χ1) is 11.6. The van der Waals surface area contributed by atoms with E-state index in [2.05, 4.69) is 16.5 Å². The molecule has 0 spiro atoms. The zero-order chi connectivity index (χ0) is 17.1. The first-order valence-corrected chi connectivity index (χ1v) is 7.87. The molecule has 3 heterocycles. The molecule has 1 unspecified atom stereocenters. The lowest BCUT2D eigenvalue weighted by molar-refractivity contribution is -0.125. The van der Waals surface area contributed by atoms with Gasteiger partial charge in [-0.05, 0) is 36.3 Å². The lowest BCUT2D eigenvalue weighted by Gasteiger charge is -2.26. The molecule has 2 aromatic rings. The third-order valence-electron chi connectivity index (χ3n) is 4.47. The van der Waals surface area contributed by atoms with Gasteiger partial charge in [0.05, 0.1) is 0 Å². The van der Waals surface area contributed by atoms with Crippen molar-refractivity contribution in [1.29, 1.82) is 0 Å². The zero-order valence-electron chi connectivity index (χ0n) is 13.6. The van der Waals surface area contributed by atoms with Crippen LogP contribution >= 0.6 is 0 Å². The minimum atomic E-state index is -0.135. The molecular weight excluding hydrogens is 304 g/mol. The maximum Gasteiger partial charge on any atom is 0.271 e. The number of likely N-dealkylation sites (N-methyl/N-ethyl adjacent to an activating group) is 1. The number of H-pyrrole nitrogens is 1. The van der Waals surface area contributed by atoms with Gasteiger partial charge in [-0.15, -0.1) is 0 Å². The third kappa shape index (κ3) is 3.08. The summed E-state index contributed by atoms with van der Waals surface area (Å²) in [5.41, 5.74) is 2.38. The zero-order valence-corrected chi connectivity index (χ0v) is 13.6. The highest BCUT2D eigenvalue weighted by molar-refractivity contribution is 5.87. The maximum absolute atomic E-state index is 12.3. The Morgan fingerprint density at radius 1 is 1.42 bits per heavy atom. The molecule has 1 aliphatic heterocycles. The van der Waals surface area contributed by atoms with Gasteiger partial charge < -0.3 is 14.8 Å². The topological polar surface area (TPSA) is 69.3 Å². The molecule has 1 fully saturated rings. The predicted octanol–water partition coefficient (Wildman–Crippen LogP) is 1.66. The van der Waals surface area contributed by atoms with Crippen molar-refractivity contribution >= 4 is 11.6 Å². The van der Waals surface area contributed by atoms with Crippen molar-refractivity contribution in [1.82, 2.24) is 14.9 Å². The van der Waals surface area contributed by atoms with Crippen molar-refractivity contribution in [2.45, 2.75) is 12.5 Å². The van der Waals surface area contributed by atoms with E-state index in [4.69, 9.17) is 0 Å². The first kappa shape index (κ1) is 16.0. The quantitative estimate of drug-likeness (QED) is 0.869. The second kappa shape index (κ2) is 6.70. The van der Waals surface area contributed by atoms with E-state index >= 15 is 0 Å². The van der Waals surface area contributed by atoms with Crippen molar-refractivity contribution in [3.63, 3.8) is 0 Å². The number of rotatable bonds is 4. The molecule has 0 bridgehead atoms. The van der Waals surface area contributed by atoms with Crippen LogP contribution in [-0.4, -0.2) is 47.0 Å². The number of nitrogens with one attached hydrogen (secondary N) is 1. The monoisotopic (exact) mass is 324 g/mol. The summed E-state index contributed by atoms with van der Waals surface area (Å²) in [6.07, 6.45) is 7.31. The van der Waals surface area contributed by atoms with Gasteiger partial charge in [-0.2, -0.15) is 0 Å². The van der Waals surface area contributed by atoms with Crippen LogP contribution in [0.1, 0.15) is 6.42 Å². The summed E-state index contributed by atoms with van der Waals surface area (Å²) >= 11 is 0. The number of pyridine rings is 2. The normalized spacial score (nSPS) is 16.9. The summed E-state index contributed by atoms with van der Waals surface area (Å²) in [5.74, 6) is -0.0645. The molecule has 1 saturated heterocycles. The van der Waals surface area contributed by atoms with Crippen LogP contribution in [0.15, 0.2) is 54.2 Å². The minimum absolute atomic E-state index is 0.0645. The van der Waals surface area contributed by atoms with E-state index < -0.39 is 0 Å². The van der Waals surface area contributed by atoms with E-state index in [1.807, 2.05) is 30.1 Å². The number of carbonyl (C=O) groups is 1. The van der Waals surface area contributed by atoms with Crippen molar-refractivity contribution in [2.75, 3.05) is 25.0 Å². The average molecular weight is 324 g/mol. The van der Waals surface area contributed by atoms with Gasteiger partial charge in [-0.1, -0.05) is 6.58 Å². The van der Waals surface area contributed by atoms with E-state index in [1.165, 1.54) is 6.08 Å². The summed E-state index contributed by atoms with van der Waals surface area (Å²) in [7, 11) is 1.90. The Hall–Kier alpha value is -2.89. The van der Waals surface area contributed by atoms with Gasteiger partial charge in [-0.3, -0.25) is 14.6 Å². The smallest absolute Gasteiger partial charge is 0.271 e. The number of hydrogen-bond donors (Lipinski definition) is 1. The highest BCUT2D eigenvalue weighted by atomic mass is 16.2. The maximum atomic E-state index is 12.3. The van der Waals surface area contributed by atoms with Crippen LogP contribution in [0.2, 0.25) is 0 Å². The highest BCUT2D eigenvalue weighted by Gasteiger charge is 2.28. The molecule has 0 saturated carbocycles. The molecule has 0 radical (unpaired) electrons. The van der Waals surface area contributed by atoms with Crippen molar-refractivity contribution in [2.24, 2.45) is 0 Å². The van der Waals surface area contributed by atoms with Gasteiger partial charge in [0, 0.05) is 50.3 Å². The molecule has 0 aliphatic carbocycles. The van der Waals surface area contributed by atoms with E-state index in [0.29, 0.717) is 18.8 Å². The largest absolute Gasteiger partial charge is 0.365 e. The second-order valence-electron chi connectivity index (χ2n) is 5.88. The number of nitrogens with zero attached hydrogens (tertiary/aromatic N) is 3. The molecule has 1 N–H and O–H groups in total. The summed E-state index contributed by atoms with van der Waals surface area (Å²) in [6.45, 7) is 4.81. The fraction of sp³-hybridized carbons (Fsp3) is 0.278. The van der Waals surface area contributed by atoms with Crippen LogP contribution in [-0.2, 0) is 4.79 Å². The summed E-state index contributed by atoms with van der Waals surface area (Å²) in [5, 5.41) is 0. The summed E-state index contributed by atoms with van der Waals surface area (Å²) < 4.78 is 0. The van der Waals surface area contributed by atoms with Gasteiger partial charge in [-0.25, -0.2) is 0 Å². The van der Waals surface area contributed by atoms with Gasteiger partial charge in [0.1, 0.15) is 5.69 Å². The Morgan fingerprint density at radius 2 is 2.17 bits per heavy atom. The Kier molecular flexibility index (Phi) is 4.46. The molecule has 6 nitrogen and oxygen atoms in total. The predicted molar refractivity (Wildman–Crippen MR) is 93.9 cm³/mol. The van der Waals surface area contributed by atoms with Crippen molar-refractivity contribution in [3.05, 3.63) is 59.8 Å². The van der Waals surface area contributed by atoms with Gasteiger partial charge >= 0.3 is 0 Å². The minimum Gasteiger partial charge on any atom is -0.365 e. The van der Waals surface area contributed by atoms with E-state index in [9.17, 15) is 9.59 Å². The van der Waals surface area contributed by atoms with Crippen LogP contribution in [0.5, 0.6) is 0 Å². The number of hydrogen-bond acceptors (Lipinski definition) is 4. The Labute approximate surface area is 140 Å². The molecule has 2 aromatic heterocycles. The lowest BCUT2D eigenvalue weighted by atomic mass is 10.1. The molecule has 1 aliphatic rings. The number of aromatic amines is 1. The number of anilines is 1. The van der Waals surface area contributed by atoms with Crippen LogP contribution in [0, 0.1) is 0 Å². The summed E-state index contributed by atoms with van der Waals surface area (Å²) in [6, 6.07) is 5.80. The number of amides is 1. The lowest BCUT2D eigenvalue weighted by Crippen LogP contribution is -2.38. The summed E-state index contributed by atoms with van der Waals surface area (Å²) in [4.78, 5) is 34.5. The van der Waals surface area contributed by atoms with E-state index in [1.54, 1.807) is 23.5 Å². The molecule has 124 valence electrons. The molecule has 3 rings (SSSR count). The van der Waals surface area contributed by atoms with Crippen LogP contribution in [0.25, 0.3) is 11.1 Å². The number of carbonyl (C=O) groups excluding carboxylic acids is 1. The van der Waals surface area contributed by atoms with Crippen LogP contribution in [0.4, 0.5) is 5.69 Å². The van der Waals surface area contributed by atoms with Gasteiger partial charge in [0.2, 0.25) is 5.91 Å². The fourth-order valence-corrected chi connectivity index (χ4v) is 3.03.